The summed E-state index contributed by atoms with van der Waals surface area (Å²) in [5.74, 6) is -0.710. The van der Waals surface area contributed by atoms with Gasteiger partial charge < -0.3 is 10.1 Å². The second-order valence-corrected chi connectivity index (χ2v) is 4.50. The normalized spacial score (nSPS) is 19.7. The SMILES string of the molecule is N#Cc1ccc(NC(=O)C2(CN=[N+]=[N-])CO2)cc1C(F)(F)F. The van der Waals surface area contributed by atoms with Crippen LogP contribution in [0.5, 0.6) is 0 Å². The van der Waals surface area contributed by atoms with Gasteiger partial charge in [0, 0.05) is 10.6 Å². The lowest BCUT2D eigenvalue weighted by molar-refractivity contribution is -0.137. The summed E-state index contributed by atoms with van der Waals surface area (Å²) in [4.78, 5) is 14.5. The minimum absolute atomic E-state index is 0.0141. The van der Waals surface area contributed by atoms with Crippen LogP contribution in [0.25, 0.3) is 10.4 Å². The van der Waals surface area contributed by atoms with Crippen LogP contribution in [0.3, 0.4) is 0 Å². The number of nitrogens with zero attached hydrogens (tertiary/aromatic N) is 4. The zero-order valence-electron chi connectivity index (χ0n) is 10.9. The standard InChI is InChI=1S/C12H8F3N5O2/c13-12(14,15)9-3-8(2-1-7(9)4-16)19-10(21)11(6-22-11)5-18-20-17/h1-3H,5-6H2,(H,19,21). The lowest BCUT2D eigenvalue weighted by Gasteiger charge is -2.13. The lowest BCUT2D eigenvalue weighted by atomic mass is 10.1. The maximum atomic E-state index is 12.8. The van der Waals surface area contributed by atoms with E-state index < -0.39 is 28.8 Å². The van der Waals surface area contributed by atoms with Gasteiger partial charge >= 0.3 is 6.18 Å². The Morgan fingerprint density at radius 1 is 1.59 bits per heavy atom. The molecule has 1 unspecified atom stereocenters. The van der Waals surface area contributed by atoms with E-state index in [4.69, 9.17) is 15.5 Å². The highest BCUT2D eigenvalue weighted by atomic mass is 19.4. The molecule has 1 heterocycles. The number of amides is 1. The number of hydrogen-bond acceptors (Lipinski definition) is 4. The fourth-order valence-electron chi connectivity index (χ4n) is 1.73. The van der Waals surface area contributed by atoms with Crippen LogP contribution >= 0.6 is 0 Å². The quantitative estimate of drug-likeness (QED) is 0.399. The average molecular weight is 311 g/mol. The van der Waals surface area contributed by atoms with Crippen molar-refractivity contribution in [3.05, 3.63) is 39.8 Å². The van der Waals surface area contributed by atoms with Gasteiger partial charge in [0.25, 0.3) is 5.91 Å². The molecule has 1 fully saturated rings. The molecule has 1 aromatic rings. The number of benzene rings is 1. The van der Waals surface area contributed by atoms with Crippen LogP contribution in [0.15, 0.2) is 23.3 Å². The van der Waals surface area contributed by atoms with Crippen molar-refractivity contribution in [2.75, 3.05) is 18.5 Å². The molecule has 1 aromatic carbocycles. The van der Waals surface area contributed by atoms with Crippen LogP contribution in [0, 0.1) is 11.3 Å². The molecule has 22 heavy (non-hydrogen) atoms. The third-order valence-electron chi connectivity index (χ3n) is 3.00. The van der Waals surface area contributed by atoms with Crippen molar-refractivity contribution in [3.63, 3.8) is 0 Å². The van der Waals surface area contributed by atoms with Gasteiger partial charge in [-0.15, -0.1) is 0 Å². The maximum absolute atomic E-state index is 12.8. The summed E-state index contributed by atoms with van der Waals surface area (Å²) in [6.45, 7) is -0.238. The van der Waals surface area contributed by atoms with Crippen molar-refractivity contribution >= 4 is 11.6 Å². The number of carbonyl (C=O) groups is 1. The number of rotatable bonds is 4. The van der Waals surface area contributed by atoms with Gasteiger partial charge in [-0.25, -0.2) is 0 Å². The highest BCUT2D eigenvalue weighted by Crippen LogP contribution is 2.34. The monoisotopic (exact) mass is 311 g/mol. The molecule has 0 spiro atoms. The number of ether oxygens (including phenoxy) is 1. The van der Waals surface area contributed by atoms with Crippen LogP contribution in [-0.2, 0) is 15.7 Å². The average Bonchev–Trinajstić information content (AvgIpc) is 3.25. The number of epoxide rings is 1. The van der Waals surface area contributed by atoms with Gasteiger partial charge in [0.2, 0.25) is 0 Å². The number of nitriles is 1. The number of hydrogen-bond donors (Lipinski definition) is 1. The van der Waals surface area contributed by atoms with E-state index in [1.165, 1.54) is 12.1 Å². The summed E-state index contributed by atoms with van der Waals surface area (Å²) in [6, 6.07) is 4.25. The van der Waals surface area contributed by atoms with Gasteiger partial charge in [0.15, 0.2) is 5.60 Å². The van der Waals surface area contributed by atoms with E-state index in [9.17, 15) is 18.0 Å². The van der Waals surface area contributed by atoms with Crippen LogP contribution in [0.4, 0.5) is 18.9 Å². The minimum Gasteiger partial charge on any atom is -0.359 e. The summed E-state index contributed by atoms with van der Waals surface area (Å²) < 4.78 is 43.4. The van der Waals surface area contributed by atoms with E-state index in [0.29, 0.717) is 6.07 Å². The smallest absolute Gasteiger partial charge is 0.359 e. The van der Waals surface area contributed by atoms with Crippen molar-refractivity contribution in [2.45, 2.75) is 11.8 Å². The predicted molar refractivity (Wildman–Crippen MR) is 67.5 cm³/mol. The molecule has 1 N–H and O–H groups in total. The molecule has 1 saturated heterocycles. The Hall–Kier alpha value is -2.76. The molecule has 0 aliphatic carbocycles. The second kappa shape index (κ2) is 5.55. The summed E-state index contributed by atoms with van der Waals surface area (Å²) in [7, 11) is 0. The number of azide groups is 1. The molecule has 0 saturated carbocycles. The fourth-order valence-corrected chi connectivity index (χ4v) is 1.73. The first-order chi connectivity index (χ1) is 10.3. The molecule has 0 bridgehead atoms. The third-order valence-corrected chi connectivity index (χ3v) is 3.00. The minimum atomic E-state index is -4.72. The van der Waals surface area contributed by atoms with Gasteiger partial charge in [-0.2, -0.15) is 18.4 Å². The van der Waals surface area contributed by atoms with Crippen molar-refractivity contribution in [1.29, 1.82) is 5.26 Å². The molecule has 1 aliphatic heterocycles. The molecule has 1 aliphatic rings. The third kappa shape index (κ3) is 3.11. The van der Waals surface area contributed by atoms with Crippen LogP contribution in [0.1, 0.15) is 11.1 Å². The Kier molecular flexibility index (Phi) is 3.95. The first kappa shape index (κ1) is 15.6. The van der Waals surface area contributed by atoms with Crippen molar-refractivity contribution in [1.82, 2.24) is 0 Å². The van der Waals surface area contributed by atoms with E-state index >= 15 is 0 Å². The van der Waals surface area contributed by atoms with E-state index in [1.54, 1.807) is 0 Å². The maximum Gasteiger partial charge on any atom is 0.417 e. The second-order valence-electron chi connectivity index (χ2n) is 4.50. The molecular formula is C12H8F3N5O2. The molecule has 114 valence electrons. The van der Waals surface area contributed by atoms with E-state index in [1.807, 2.05) is 0 Å². The Labute approximate surface area is 121 Å². The number of anilines is 1. The van der Waals surface area contributed by atoms with E-state index in [-0.39, 0.29) is 18.8 Å². The Balaban J connectivity index is 2.23. The van der Waals surface area contributed by atoms with Gasteiger partial charge in [-0.1, -0.05) is 5.11 Å². The van der Waals surface area contributed by atoms with Crippen LogP contribution in [-0.4, -0.2) is 24.7 Å². The molecule has 10 heteroatoms. The molecule has 0 aromatic heterocycles. The molecule has 7 nitrogen and oxygen atoms in total. The number of alkyl halides is 3. The summed E-state index contributed by atoms with van der Waals surface area (Å²) in [5, 5.41) is 14.2. The topological polar surface area (TPSA) is 114 Å². The van der Waals surface area contributed by atoms with Crippen LogP contribution < -0.4 is 5.32 Å². The summed E-state index contributed by atoms with van der Waals surface area (Å²) >= 11 is 0. The van der Waals surface area contributed by atoms with E-state index in [2.05, 4.69) is 15.3 Å². The predicted octanol–water partition coefficient (Wildman–Crippen LogP) is 2.59. The van der Waals surface area contributed by atoms with Gasteiger partial charge in [0.05, 0.1) is 30.3 Å². The van der Waals surface area contributed by atoms with Crippen LogP contribution in [0.2, 0.25) is 0 Å². The van der Waals surface area contributed by atoms with Gasteiger partial charge in [-0.3, -0.25) is 4.79 Å². The highest BCUT2D eigenvalue weighted by Gasteiger charge is 2.51. The highest BCUT2D eigenvalue weighted by molar-refractivity contribution is 5.99. The Morgan fingerprint density at radius 3 is 2.77 bits per heavy atom. The Bertz CT molecular complexity index is 700. The number of carbonyl (C=O) groups excluding carboxylic acids is 1. The summed E-state index contributed by atoms with van der Waals surface area (Å²) in [6.07, 6.45) is -4.72. The molecule has 1 amide bonds. The number of nitrogens with one attached hydrogen (secondary N) is 1. The van der Waals surface area contributed by atoms with Crippen molar-refractivity contribution in [3.8, 4) is 6.07 Å². The van der Waals surface area contributed by atoms with Crippen molar-refractivity contribution < 1.29 is 22.7 Å². The molecule has 1 atom stereocenters. The van der Waals surface area contributed by atoms with Crippen molar-refractivity contribution in [2.24, 2.45) is 5.11 Å². The molecule has 0 radical (unpaired) electrons. The molecular weight excluding hydrogens is 303 g/mol. The van der Waals surface area contributed by atoms with Gasteiger partial charge in [-0.05, 0) is 23.7 Å². The first-order valence-electron chi connectivity index (χ1n) is 5.90. The fraction of sp³-hybridized carbons (Fsp3) is 0.333. The first-order valence-corrected chi connectivity index (χ1v) is 5.90. The zero-order chi connectivity index (χ0) is 16.4. The zero-order valence-corrected chi connectivity index (χ0v) is 10.9. The number of halogens is 3. The molecule has 2 rings (SSSR count). The van der Waals surface area contributed by atoms with Gasteiger partial charge in [0.1, 0.15) is 0 Å². The Morgan fingerprint density at radius 2 is 2.27 bits per heavy atom. The lowest BCUT2D eigenvalue weighted by Crippen LogP contribution is -2.34. The van der Waals surface area contributed by atoms with E-state index in [0.717, 1.165) is 6.07 Å². The summed E-state index contributed by atoms with van der Waals surface area (Å²) in [5.41, 5.74) is 5.07. The largest absolute Gasteiger partial charge is 0.417 e.